The molecule has 0 unspecified atom stereocenters. The Morgan fingerprint density at radius 2 is 2.27 bits per heavy atom. The van der Waals surface area contributed by atoms with Crippen molar-refractivity contribution in [2.75, 3.05) is 0 Å². The van der Waals surface area contributed by atoms with Crippen LogP contribution in [-0.2, 0) is 16.6 Å². The van der Waals surface area contributed by atoms with E-state index in [9.17, 15) is 4.79 Å². The van der Waals surface area contributed by atoms with Crippen molar-refractivity contribution in [1.82, 2.24) is 0 Å². The molecule has 0 saturated carbocycles. The van der Waals surface area contributed by atoms with E-state index < -0.39 is 0 Å². The molecule has 0 atom stereocenters. The van der Waals surface area contributed by atoms with Crippen LogP contribution >= 0.6 is 0 Å². The predicted molar refractivity (Wildman–Crippen MR) is 43.8 cm³/mol. The molecule has 0 fully saturated rings. The molecular formula is C10H11O-. The first kappa shape index (κ1) is 6.71. The summed E-state index contributed by atoms with van der Waals surface area (Å²) in [4.78, 5) is 11.4. The highest BCUT2D eigenvalue weighted by Crippen LogP contribution is 2.35. The Morgan fingerprint density at radius 3 is 2.91 bits per heavy atom. The number of carbonyl (C=O) groups is 1. The quantitative estimate of drug-likeness (QED) is 0.511. The van der Waals surface area contributed by atoms with E-state index in [0.717, 1.165) is 0 Å². The predicted octanol–water partition coefficient (Wildman–Crippen LogP) is 1.81. The highest BCUT2D eigenvalue weighted by molar-refractivity contribution is 5.95. The van der Waals surface area contributed by atoms with Crippen molar-refractivity contribution in [3.8, 4) is 0 Å². The molecule has 0 saturated heterocycles. The van der Waals surface area contributed by atoms with E-state index in [1.165, 1.54) is 11.1 Å². The van der Waals surface area contributed by atoms with Gasteiger partial charge in [0.2, 0.25) is 0 Å². The highest BCUT2D eigenvalue weighted by atomic mass is 16.1. The lowest BCUT2D eigenvalue weighted by molar-refractivity contribution is -0.121. The molecule has 1 nitrogen and oxygen atoms in total. The Bertz CT molecular complexity index is 304. The van der Waals surface area contributed by atoms with Crippen LogP contribution in [-0.4, -0.2) is 5.78 Å². The number of carbonyl (C=O) groups excluding carboxylic acids is 1. The monoisotopic (exact) mass is 147 g/mol. The van der Waals surface area contributed by atoms with Gasteiger partial charge in [-0.2, -0.15) is 23.3 Å². The molecule has 2 rings (SSSR count). The number of rotatable bonds is 0. The average Bonchev–Trinajstić information content (AvgIpc) is 2.41. The maximum atomic E-state index is 11.4. The van der Waals surface area contributed by atoms with Crippen LogP contribution < -0.4 is 0 Å². The van der Waals surface area contributed by atoms with Gasteiger partial charge in [-0.15, -0.1) is 0 Å². The van der Waals surface area contributed by atoms with Crippen molar-refractivity contribution in [2.45, 2.75) is 25.7 Å². The van der Waals surface area contributed by atoms with E-state index in [2.05, 4.69) is 6.07 Å². The van der Waals surface area contributed by atoms with E-state index in [0.29, 0.717) is 12.2 Å². The number of Topliss-reactive ketones (excluding diaryl/α,β-unsaturated/α-hetero) is 1. The first-order chi connectivity index (χ1) is 5.12. The number of hydrogen-bond donors (Lipinski definition) is 0. The SMILES string of the molecule is CC1(C)C(=O)Cc2cc[cH-]c21. The molecule has 11 heavy (non-hydrogen) atoms. The minimum atomic E-state index is -0.223. The van der Waals surface area contributed by atoms with E-state index >= 15 is 0 Å². The molecule has 1 aliphatic carbocycles. The lowest BCUT2D eigenvalue weighted by atomic mass is 9.87. The summed E-state index contributed by atoms with van der Waals surface area (Å²) in [5.41, 5.74) is 2.22. The second-order valence-electron chi connectivity index (χ2n) is 3.69. The Hall–Kier alpha value is -0.980. The lowest BCUT2D eigenvalue weighted by Crippen LogP contribution is -2.23. The van der Waals surface area contributed by atoms with Gasteiger partial charge in [0.1, 0.15) is 5.78 Å². The topological polar surface area (TPSA) is 17.1 Å². The first-order valence-electron chi connectivity index (χ1n) is 3.91. The van der Waals surface area contributed by atoms with Gasteiger partial charge in [0.05, 0.1) is 0 Å². The van der Waals surface area contributed by atoms with Crippen molar-refractivity contribution in [1.29, 1.82) is 0 Å². The van der Waals surface area contributed by atoms with Crippen LogP contribution in [0.1, 0.15) is 25.0 Å². The average molecular weight is 147 g/mol. The summed E-state index contributed by atoms with van der Waals surface area (Å²) in [6.07, 6.45) is 0.634. The molecule has 1 aliphatic rings. The summed E-state index contributed by atoms with van der Waals surface area (Å²) in [6, 6.07) is 6.13. The van der Waals surface area contributed by atoms with Crippen LogP contribution in [0, 0.1) is 0 Å². The second kappa shape index (κ2) is 1.79. The molecule has 0 heterocycles. The van der Waals surface area contributed by atoms with E-state index in [1.807, 2.05) is 26.0 Å². The minimum Gasteiger partial charge on any atom is -0.300 e. The fourth-order valence-corrected chi connectivity index (χ4v) is 1.77. The molecule has 1 aromatic carbocycles. The van der Waals surface area contributed by atoms with Gasteiger partial charge in [0.25, 0.3) is 0 Å². The number of hydrogen-bond acceptors (Lipinski definition) is 1. The van der Waals surface area contributed by atoms with Crippen LogP contribution in [0.2, 0.25) is 0 Å². The fraction of sp³-hybridized carbons (Fsp3) is 0.400. The van der Waals surface area contributed by atoms with Crippen LogP contribution in [0.3, 0.4) is 0 Å². The van der Waals surface area contributed by atoms with Crippen molar-refractivity contribution >= 4 is 5.78 Å². The van der Waals surface area contributed by atoms with Crippen LogP contribution in [0.4, 0.5) is 0 Å². The van der Waals surface area contributed by atoms with Gasteiger partial charge >= 0.3 is 0 Å². The Morgan fingerprint density at radius 1 is 1.55 bits per heavy atom. The molecule has 0 N–H and O–H groups in total. The number of ketones is 1. The third-order valence-corrected chi connectivity index (χ3v) is 2.63. The highest BCUT2D eigenvalue weighted by Gasteiger charge is 2.32. The Balaban J connectivity index is 2.61. The fourth-order valence-electron chi connectivity index (χ4n) is 1.77. The first-order valence-corrected chi connectivity index (χ1v) is 3.91. The van der Waals surface area contributed by atoms with Crippen molar-refractivity contribution in [2.24, 2.45) is 0 Å². The van der Waals surface area contributed by atoms with Crippen molar-refractivity contribution in [3.05, 3.63) is 29.3 Å². The molecule has 1 heteroatoms. The van der Waals surface area contributed by atoms with E-state index in [1.54, 1.807) is 0 Å². The minimum absolute atomic E-state index is 0.223. The largest absolute Gasteiger partial charge is 0.300 e. The van der Waals surface area contributed by atoms with Crippen LogP contribution in [0.25, 0.3) is 0 Å². The molecule has 0 aliphatic heterocycles. The molecule has 0 amide bonds. The van der Waals surface area contributed by atoms with Gasteiger partial charge in [0, 0.05) is 5.41 Å². The Labute approximate surface area is 66.4 Å². The summed E-state index contributed by atoms with van der Waals surface area (Å²) in [7, 11) is 0. The van der Waals surface area contributed by atoms with Gasteiger partial charge in [-0.1, -0.05) is 13.8 Å². The van der Waals surface area contributed by atoms with Crippen LogP contribution in [0.5, 0.6) is 0 Å². The summed E-state index contributed by atoms with van der Waals surface area (Å²) < 4.78 is 0. The molecule has 1 aromatic rings. The number of fused-ring (bicyclic) bond motifs is 1. The molecule has 0 radical (unpaired) electrons. The maximum Gasteiger partial charge on any atom is 0.132 e. The third kappa shape index (κ3) is 0.710. The molecule has 0 bridgehead atoms. The zero-order chi connectivity index (χ0) is 8.06. The molecule has 58 valence electrons. The molecule has 0 spiro atoms. The molecular weight excluding hydrogens is 136 g/mol. The standard InChI is InChI=1S/C10H11O/c1-10(2)8-5-3-4-7(8)6-9(10)11/h3-5H,6H2,1-2H3/q-1. The van der Waals surface area contributed by atoms with Gasteiger partial charge < -0.3 is 0 Å². The van der Waals surface area contributed by atoms with Gasteiger partial charge in [-0.3, -0.25) is 4.79 Å². The zero-order valence-electron chi connectivity index (χ0n) is 6.85. The Kier molecular flexibility index (Phi) is 1.09. The van der Waals surface area contributed by atoms with E-state index in [4.69, 9.17) is 0 Å². The van der Waals surface area contributed by atoms with Gasteiger partial charge in [0.15, 0.2) is 0 Å². The van der Waals surface area contributed by atoms with Crippen molar-refractivity contribution in [3.63, 3.8) is 0 Å². The lowest BCUT2D eigenvalue weighted by Gasteiger charge is -2.19. The normalized spacial score (nSPS) is 20.4. The molecule has 0 aromatic heterocycles. The smallest absolute Gasteiger partial charge is 0.132 e. The van der Waals surface area contributed by atoms with Gasteiger partial charge in [-0.05, 0) is 6.42 Å². The van der Waals surface area contributed by atoms with E-state index in [-0.39, 0.29) is 5.41 Å². The summed E-state index contributed by atoms with van der Waals surface area (Å²) in [5.74, 6) is 0.350. The summed E-state index contributed by atoms with van der Waals surface area (Å²) >= 11 is 0. The maximum absolute atomic E-state index is 11.4. The second-order valence-corrected chi connectivity index (χ2v) is 3.69. The summed E-state index contributed by atoms with van der Waals surface area (Å²) in [6.45, 7) is 4.00. The van der Waals surface area contributed by atoms with Crippen LogP contribution in [0.15, 0.2) is 18.2 Å². The summed E-state index contributed by atoms with van der Waals surface area (Å²) in [5, 5.41) is 0. The van der Waals surface area contributed by atoms with Gasteiger partial charge in [-0.25, -0.2) is 6.07 Å². The third-order valence-electron chi connectivity index (χ3n) is 2.63. The zero-order valence-corrected chi connectivity index (χ0v) is 6.85. The van der Waals surface area contributed by atoms with Crippen molar-refractivity contribution < 1.29 is 4.79 Å².